The smallest absolute Gasteiger partial charge is 0.287 e. The molecule has 0 atom stereocenters. The summed E-state index contributed by atoms with van der Waals surface area (Å²) in [5.41, 5.74) is 1.88. The van der Waals surface area contributed by atoms with Crippen LogP contribution in [0.4, 0.5) is 10.2 Å². The molecule has 2 heterocycles. The molecule has 9 heteroatoms. The van der Waals surface area contributed by atoms with Gasteiger partial charge in [-0.2, -0.15) is 8.42 Å². The molecule has 0 fully saturated rings. The molecule has 0 spiro atoms. The molecule has 0 saturated heterocycles. The van der Waals surface area contributed by atoms with Gasteiger partial charge in [-0.25, -0.2) is 9.37 Å². The number of nitrogens with zero attached hydrogens (tertiary/aromatic N) is 2. The van der Waals surface area contributed by atoms with Gasteiger partial charge in [0.2, 0.25) is 0 Å². The van der Waals surface area contributed by atoms with E-state index in [-0.39, 0.29) is 18.8 Å². The minimum absolute atomic E-state index is 0.220. The molecule has 0 aromatic carbocycles. The van der Waals surface area contributed by atoms with Crippen LogP contribution in [0.3, 0.4) is 0 Å². The largest absolute Gasteiger partial charge is 0.479 e. The molecule has 2 rings (SSSR count). The maximum Gasteiger partial charge on any atom is 0.287 e. The van der Waals surface area contributed by atoms with Gasteiger partial charge in [-0.3, -0.25) is 9.71 Å². The molecular formula is C17H18FN3O3S2. The Morgan fingerprint density at radius 1 is 1.35 bits per heavy atom. The average molecular weight is 395 g/mol. The van der Waals surface area contributed by atoms with E-state index in [4.69, 9.17) is 4.74 Å². The summed E-state index contributed by atoms with van der Waals surface area (Å²) in [4.78, 5) is 7.89. The lowest BCUT2D eigenvalue weighted by Gasteiger charge is -2.12. The number of hydrogen-bond acceptors (Lipinski definition) is 6. The zero-order chi connectivity index (χ0) is 19.2. The summed E-state index contributed by atoms with van der Waals surface area (Å²) < 4.78 is 45.6. The highest BCUT2D eigenvalue weighted by molar-refractivity contribution is 8.72. The Labute approximate surface area is 156 Å². The van der Waals surface area contributed by atoms with Crippen molar-refractivity contribution in [3.8, 4) is 17.6 Å². The summed E-state index contributed by atoms with van der Waals surface area (Å²) in [6.45, 7) is 3.81. The van der Waals surface area contributed by atoms with E-state index in [1.807, 2.05) is 6.92 Å². The van der Waals surface area contributed by atoms with Gasteiger partial charge in [-0.05, 0) is 53.7 Å². The summed E-state index contributed by atoms with van der Waals surface area (Å²) >= 11 is 0. The third-order valence-corrected chi connectivity index (χ3v) is 5.99. The van der Waals surface area contributed by atoms with Gasteiger partial charge >= 0.3 is 0 Å². The van der Waals surface area contributed by atoms with Crippen molar-refractivity contribution in [2.24, 2.45) is 0 Å². The first-order valence-electron chi connectivity index (χ1n) is 7.55. The van der Waals surface area contributed by atoms with E-state index < -0.39 is 14.9 Å². The minimum atomic E-state index is -3.69. The fourth-order valence-electron chi connectivity index (χ4n) is 2.11. The first kappa shape index (κ1) is 20.0. The van der Waals surface area contributed by atoms with Crippen LogP contribution < -0.4 is 9.46 Å². The van der Waals surface area contributed by atoms with Crippen LogP contribution in [0.5, 0.6) is 5.75 Å². The van der Waals surface area contributed by atoms with E-state index in [1.165, 1.54) is 18.5 Å². The molecule has 0 aliphatic carbocycles. The van der Waals surface area contributed by atoms with Crippen LogP contribution >= 0.6 is 10.8 Å². The summed E-state index contributed by atoms with van der Waals surface area (Å²) in [6, 6.07) is 1.50. The van der Waals surface area contributed by atoms with Gasteiger partial charge < -0.3 is 4.74 Å². The highest BCUT2D eigenvalue weighted by Gasteiger charge is 2.17. The molecule has 26 heavy (non-hydrogen) atoms. The normalized spacial score (nSPS) is 10.8. The number of aromatic nitrogens is 2. The van der Waals surface area contributed by atoms with Crippen molar-refractivity contribution < 1.29 is 17.5 Å². The predicted molar refractivity (Wildman–Crippen MR) is 101 cm³/mol. The van der Waals surface area contributed by atoms with Crippen LogP contribution in [0.1, 0.15) is 23.6 Å². The lowest BCUT2D eigenvalue weighted by atomic mass is 10.0. The second kappa shape index (κ2) is 8.87. The Morgan fingerprint density at radius 3 is 2.81 bits per heavy atom. The van der Waals surface area contributed by atoms with Gasteiger partial charge in [0.1, 0.15) is 12.4 Å². The van der Waals surface area contributed by atoms with Crippen molar-refractivity contribution in [2.75, 3.05) is 17.6 Å². The van der Waals surface area contributed by atoms with Crippen LogP contribution in [0.25, 0.3) is 0 Å². The Kier molecular flexibility index (Phi) is 6.83. The molecule has 0 saturated carbocycles. The summed E-state index contributed by atoms with van der Waals surface area (Å²) in [5.74, 6) is 5.07. The SMILES string of the molecule is CC#CCOc1cncc(Cc2ccnc(NS(=O)(=O)SC)c2F)c1C. The zero-order valence-electron chi connectivity index (χ0n) is 14.5. The fourth-order valence-corrected chi connectivity index (χ4v) is 3.06. The molecule has 0 amide bonds. The molecule has 2 aromatic rings. The van der Waals surface area contributed by atoms with E-state index >= 15 is 0 Å². The molecule has 0 aliphatic heterocycles. The second-order valence-corrected chi connectivity index (χ2v) is 8.93. The summed E-state index contributed by atoms with van der Waals surface area (Å²) in [6.07, 6.45) is 6.17. The van der Waals surface area contributed by atoms with Gasteiger partial charge in [0.25, 0.3) is 9.06 Å². The van der Waals surface area contributed by atoms with Crippen molar-refractivity contribution in [1.29, 1.82) is 0 Å². The summed E-state index contributed by atoms with van der Waals surface area (Å²) in [7, 11) is -3.12. The first-order chi connectivity index (χ1) is 12.4. The van der Waals surface area contributed by atoms with Crippen LogP contribution in [0.15, 0.2) is 24.7 Å². The van der Waals surface area contributed by atoms with Crippen LogP contribution in [-0.4, -0.2) is 31.2 Å². The third kappa shape index (κ3) is 5.09. The number of nitrogens with one attached hydrogen (secondary N) is 1. The van der Waals surface area contributed by atoms with E-state index in [2.05, 4.69) is 26.5 Å². The van der Waals surface area contributed by atoms with Gasteiger partial charge in [0.15, 0.2) is 11.6 Å². The molecule has 0 radical (unpaired) electrons. The topological polar surface area (TPSA) is 81.2 Å². The van der Waals surface area contributed by atoms with Crippen LogP contribution in [-0.2, 0) is 15.5 Å². The van der Waals surface area contributed by atoms with Gasteiger partial charge in [-0.1, -0.05) is 5.92 Å². The van der Waals surface area contributed by atoms with Crippen LogP contribution in [0, 0.1) is 24.6 Å². The van der Waals surface area contributed by atoms with Crippen molar-refractivity contribution in [3.63, 3.8) is 0 Å². The number of anilines is 1. The van der Waals surface area contributed by atoms with Gasteiger partial charge in [0, 0.05) is 18.8 Å². The number of rotatable bonds is 7. The highest BCUT2D eigenvalue weighted by atomic mass is 33.1. The van der Waals surface area contributed by atoms with Gasteiger partial charge in [0.05, 0.1) is 6.20 Å². The third-order valence-electron chi connectivity index (χ3n) is 3.54. The number of pyridine rings is 2. The highest BCUT2D eigenvalue weighted by Crippen LogP contribution is 2.25. The zero-order valence-corrected chi connectivity index (χ0v) is 16.2. The Bertz CT molecular complexity index is 953. The monoisotopic (exact) mass is 395 g/mol. The summed E-state index contributed by atoms with van der Waals surface area (Å²) in [5, 5.41) is 0. The predicted octanol–water partition coefficient (Wildman–Crippen LogP) is 2.94. The van der Waals surface area contributed by atoms with Crippen molar-refractivity contribution in [3.05, 3.63) is 47.2 Å². The van der Waals surface area contributed by atoms with Gasteiger partial charge in [-0.15, -0.1) is 5.92 Å². The van der Waals surface area contributed by atoms with Crippen LogP contribution in [0.2, 0.25) is 0 Å². The first-order valence-corrected chi connectivity index (χ1v) is 10.8. The van der Waals surface area contributed by atoms with Crippen molar-refractivity contribution >= 4 is 25.7 Å². The van der Waals surface area contributed by atoms with E-state index in [1.54, 1.807) is 19.3 Å². The Balaban J connectivity index is 2.28. The number of halogens is 1. The molecular weight excluding hydrogens is 377 g/mol. The van der Waals surface area contributed by atoms with Crippen molar-refractivity contribution in [1.82, 2.24) is 9.97 Å². The number of hydrogen-bond donors (Lipinski definition) is 1. The average Bonchev–Trinajstić information content (AvgIpc) is 2.61. The Hall–Kier alpha value is -2.31. The molecule has 1 N–H and O–H groups in total. The molecule has 0 unspecified atom stereocenters. The molecule has 2 aromatic heterocycles. The standard InChI is InChI=1S/C17H18FN3O3S2/c1-4-5-8-24-15-11-19-10-14(12(15)2)9-13-6-7-20-17(16(13)18)21-26(22,23)25-3/h6-7,10-11H,8-9H2,1-3H3,(H,20,21). The maximum atomic E-state index is 14.6. The lowest BCUT2D eigenvalue weighted by Crippen LogP contribution is -2.11. The minimum Gasteiger partial charge on any atom is -0.479 e. The fraction of sp³-hybridized carbons (Fsp3) is 0.294. The van der Waals surface area contributed by atoms with E-state index in [9.17, 15) is 12.8 Å². The quantitative estimate of drug-likeness (QED) is 0.573. The van der Waals surface area contributed by atoms with Crippen molar-refractivity contribution in [2.45, 2.75) is 20.3 Å². The lowest BCUT2D eigenvalue weighted by molar-refractivity contribution is 0.365. The molecule has 0 aliphatic rings. The second-order valence-electron chi connectivity index (χ2n) is 5.17. The van der Waals surface area contributed by atoms with E-state index in [0.717, 1.165) is 11.1 Å². The Morgan fingerprint density at radius 2 is 2.12 bits per heavy atom. The molecule has 6 nitrogen and oxygen atoms in total. The molecule has 0 bridgehead atoms. The maximum absolute atomic E-state index is 14.6. The number of ether oxygens (including phenoxy) is 1. The molecule has 138 valence electrons. The van der Waals surface area contributed by atoms with E-state index in [0.29, 0.717) is 22.1 Å².